The minimum Gasteiger partial charge on any atom is -0.336 e. The minimum absolute atomic E-state index is 0.00903. The van der Waals surface area contributed by atoms with E-state index in [9.17, 15) is 4.79 Å². The summed E-state index contributed by atoms with van der Waals surface area (Å²) in [5.41, 5.74) is 3.69. The van der Waals surface area contributed by atoms with E-state index in [1.165, 1.54) is 0 Å². The maximum Gasteiger partial charge on any atom is 0.259 e. The number of hydrogen-bond donors (Lipinski definition) is 0. The average molecular weight is 349 g/mol. The fourth-order valence-corrected chi connectivity index (χ4v) is 3.29. The lowest BCUT2D eigenvalue weighted by Gasteiger charge is -2.23. The van der Waals surface area contributed by atoms with Crippen LogP contribution in [0.2, 0.25) is 0 Å². The van der Waals surface area contributed by atoms with Crippen LogP contribution in [0.25, 0.3) is 11.1 Å². The zero-order valence-corrected chi connectivity index (χ0v) is 15.2. The Hall–Kier alpha value is -2.69. The summed E-state index contributed by atoms with van der Waals surface area (Å²) >= 11 is 0. The highest BCUT2D eigenvalue weighted by molar-refractivity contribution is 6.13. The van der Waals surface area contributed by atoms with Crippen molar-refractivity contribution in [2.45, 2.75) is 45.4 Å². The Morgan fingerprint density at radius 1 is 1.27 bits per heavy atom. The highest BCUT2D eigenvalue weighted by Crippen LogP contribution is 2.40. The third kappa shape index (κ3) is 3.09. The normalized spacial score (nSPS) is 13.9. The zero-order valence-electron chi connectivity index (χ0n) is 15.2. The smallest absolute Gasteiger partial charge is 0.259 e. The summed E-state index contributed by atoms with van der Waals surface area (Å²) in [5.74, 6) is 0.433. The molecule has 0 atom stereocenters. The third-order valence-corrected chi connectivity index (χ3v) is 4.91. The molecule has 134 valence electrons. The van der Waals surface area contributed by atoms with Gasteiger partial charge in [-0.2, -0.15) is 0 Å². The van der Waals surface area contributed by atoms with Gasteiger partial charge in [-0.1, -0.05) is 36.7 Å². The molecule has 4 rings (SSSR count). The van der Waals surface area contributed by atoms with E-state index in [0.29, 0.717) is 29.4 Å². The van der Waals surface area contributed by atoms with Crippen LogP contribution in [0.4, 0.5) is 5.69 Å². The largest absolute Gasteiger partial charge is 0.336 e. The van der Waals surface area contributed by atoms with Crippen LogP contribution in [0.5, 0.6) is 0 Å². The van der Waals surface area contributed by atoms with Crippen molar-refractivity contribution in [3.05, 3.63) is 53.3 Å². The maximum absolute atomic E-state index is 13.5. The number of pyridine rings is 1. The molecule has 5 heteroatoms. The summed E-state index contributed by atoms with van der Waals surface area (Å²) in [6.45, 7) is 4.68. The zero-order chi connectivity index (χ0) is 18.1. The second kappa shape index (κ2) is 6.90. The van der Waals surface area contributed by atoms with Gasteiger partial charge < -0.3 is 9.42 Å². The topological polar surface area (TPSA) is 59.2 Å². The van der Waals surface area contributed by atoms with E-state index < -0.39 is 0 Å². The summed E-state index contributed by atoms with van der Waals surface area (Å²) in [4.78, 5) is 20.0. The first-order valence-electron chi connectivity index (χ1n) is 9.33. The van der Waals surface area contributed by atoms with E-state index in [0.717, 1.165) is 42.5 Å². The second-order valence-electron chi connectivity index (χ2n) is 6.96. The summed E-state index contributed by atoms with van der Waals surface area (Å²) in [5, 5.41) is 4.78. The fourth-order valence-electron chi connectivity index (χ4n) is 3.29. The Morgan fingerprint density at radius 2 is 2.04 bits per heavy atom. The van der Waals surface area contributed by atoms with Crippen molar-refractivity contribution in [3.63, 3.8) is 0 Å². The van der Waals surface area contributed by atoms with E-state index in [-0.39, 0.29) is 5.91 Å². The number of unbranched alkanes of at least 4 members (excludes halogenated alkanes) is 1. The van der Waals surface area contributed by atoms with Crippen molar-refractivity contribution in [1.82, 2.24) is 10.1 Å². The predicted octanol–water partition coefficient (Wildman–Crippen LogP) is 4.86. The number of benzene rings is 1. The molecule has 0 aliphatic heterocycles. The van der Waals surface area contributed by atoms with Gasteiger partial charge in [0.05, 0.1) is 16.6 Å². The summed E-state index contributed by atoms with van der Waals surface area (Å²) in [6.07, 6.45) is 4.23. The highest BCUT2D eigenvalue weighted by atomic mass is 16.5. The van der Waals surface area contributed by atoms with Gasteiger partial charge in [0.25, 0.3) is 11.6 Å². The number of amides is 1. The standard InChI is InChI=1S/C21H23N3O2/c1-3-4-12-24(16-8-6-5-7-9-16)21(25)17-13-18(15-10-11-15)22-20-19(17)14(2)23-26-20/h5-9,13,15H,3-4,10-12H2,1-2H3. The Morgan fingerprint density at radius 3 is 2.73 bits per heavy atom. The molecule has 1 aromatic carbocycles. The summed E-state index contributed by atoms with van der Waals surface area (Å²) < 4.78 is 5.39. The van der Waals surface area contributed by atoms with Gasteiger partial charge in [-0.3, -0.25) is 4.79 Å². The molecular weight excluding hydrogens is 326 g/mol. The third-order valence-electron chi connectivity index (χ3n) is 4.91. The van der Waals surface area contributed by atoms with Crippen LogP contribution in [-0.4, -0.2) is 22.6 Å². The molecule has 0 saturated heterocycles. The lowest BCUT2D eigenvalue weighted by molar-refractivity contribution is 0.0988. The Labute approximate surface area is 153 Å². The van der Waals surface area contributed by atoms with E-state index in [1.54, 1.807) is 0 Å². The quantitative estimate of drug-likeness (QED) is 0.638. The molecule has 0 N–H and O–H groups in total. The van der Waals surface area contributed by atoms with Gasteiger partial charge in [0.15, 0.2) is 0 Å². The SMILES string of the molecule is CCCCN(C(=O)c1cc(C2CC2)nc2onc(C)c12)c1ccccc1. The number of fused-ring (bicyclic) bond motifs is 1. The molecule has 26 heavy (non-hydrogen) atoms. The number of aromatic nitrogens is 2. The van der Waals surface area contributed by atoms with E-state index in [4.69, 9.17) is 4.52 Å². The minimum atomic E-state index is -0.00903. The lowest BCUT2D eigenvalue weighted by atomic mass is 10.1. The van der Waals surface area contributed by atoms with Gasteiger partial charge in [0.2, 0.25) is 0 Å². The monoisotopic (exact) mass is 349 g/mol. The van der Waals surface area contributed by atoms with Crippen molar-refractivity contribution in [1.29, 1.82) is 0 Å². The molecule has 1 saturated carbocycles. The number of aryl methyl sites for hydroxylation is 1. The average Bonchev–Trinajstić information content (AvgIpc) is 3.46. The Balaban J connectivity index is 1.81. The number of para-hydroxylation sites is 1. The molecule has 1 amide bonds. The van der Waals surface area contributed by atoms with Crippen LogP contribution in [-0.2, 0) is 0 Å². The van der Waals surface area contributed by atoms with Gasteiger partial charge in [-0.15, -0.1) is 0 Å². The van der Waals surface area contributed by atoms with Gasteiger partial charge in [0.1, 0.15) is 0 Å². The predicted molar refractivity (Wildman–Crippen MR) is 102 cm³/mol. The van der Waals surface area contributed by atoms with Crippen LogP contribution in [0, 0.1) is 6.92 Å². The van der Waals surface area contributed by atoms with E-state index in [2.05, 4.69) is 17.1 Å². The molecule has 2 heterocycles. The first-order chi connectivity index (χ1) is 12.7. The van der Waals surface area contributed by atoms with Gasteiger partial charge in [-0.05, 0) is 44.4 Å². The molecule has 3 aromatic rings. The van der Waals surface area contributed by atoms with Crippen LogP contribution >= 0.6 is 0 Å². The van der Waals surface area contributed by atoms with Crippen molar-refractivity contribution < 1.29 is 9.32 Å². The van der Waals surface area contributed by atoms with E-state index >= 15 is 0 Å². The molecule has 1 fully saturated rings. The van der Waals surface area contributed by atoms with Crippen LogP contribution in [0.3, 0.4) is 0 Å². The maximum atomic E-state index is 13.5. The highest BCUT2D eigenvalue weighted by Gasteiger charge is 2.30. The molecule has 0 radical (unpaired) electrons. The van der Waals surface area contributed by atoms with Gasteiger partial charge in [0, 0.05) is 23.8 Å². The fraction of sp³-hybridized carbons (Fsp3) is 0.381. The number of carbonyl (C=O) groups is 1. The Kier molecular flexibility index (Phi) is 4.45. The van der Waals surface area contributed by atoms with Crippen LogP contribution < -0.4 is 4.90 Å². The number of carbonyl (C=O) groups excluding carboxylic acids is 1. The molecule has 0 unspecified atom stereocenters. The first-order valence-corrected chi connectivity index (χ1v) is 9.33. The number of rotatable bonds is 6. The molecule has 0 bridgehead atoms. The number of hydrogen-bond acceptors (Lipinski definition) is 4. The van der Waals surface area contributed by atoms with Crippen molar-refractivity contribution in [2.75, 3.05) is 11.4 Å². The summed E-state index contributed by atoms with van der Waals surface area (Å²) in [6, 6.07) is 11.8. The molecule has 5 nitrogen and oxygen atoms in total. The molecule has 1 aliphatic carbocycles. The molecule has 2 aromatic heterocycles. The van der Waals surface area contributed by atoms with Crippen LogP contribution in [0.1, 0.15) is 60.3 Å². The lowest BCUT2D eigenvalue weighted by Crippen LogP contribution is -2.32. The van der Waals surface area contributed by atoms with Crippen molar-refractivity contribution in [2.24, 2.45) is 0 Å². The molecular formula is C21H23N3O2. The first kappa shape index (κ1) is 16.8. The van der Waals surface area contributed by atoms with E-state index in [1.807, 2.05) is 48.2 Å². The summed E-state index contributed by atoms with van der Waals surface area (Å²) in [7, 11) is 0. The van der Waals surface area contributed by atoms with Gasteiger partial charge >= 0.3 is 0 Å². The van der Waals surface area contributed by atoms with Crippen molar-refractivity contribution in [3.8, 4) is 0 Å². The number of nitrogens with zero attached hydrogens (tertiary/aromatic N) is 3. The second-order valence-corrected chi connectivity index (χ2v) is 6.96. The van der Waals surface area contributed by atoms with Gasteiger partial charge in [-0.25, -0.2) is 4.98 Å². The van der Waals surface area contributed by atoms with Crippen LogP contribution in [0.15, 0.2) is 40.9 Å². The molecule has 1 aliphatic rings. The van der Waals surface area contributed by atoms with Crippen molar-refractivity contribution >= 4 is 22.7 Å². The number of anilines is 1. The molecule has 0 spiro atoms. The Bertz CT molecular complexity index is 929.